The van der Waals surface area contributed by atoms with E-state index in [4.69, 9.17) is 4.74 Å². The van der Waals surface area contributed by atoms with E-state index in [1.807, 2.05) is 0 Å². The summed E-state index contributed by atoms with van der Waals surface area (Å²) in [4.78, 5) is 27.9. The van der Waals surface area contributed by atoms with Crippen LogP contribution in [0.15, 0.2) is 24.3 Å². The van der Waals surface area contributed by atoms with Crippen LogP contribution in [0.5, 0.6) is 5.75 Å². The summed E-state index contributed by atoms with van der Waals surface area (Å²) in [5, 5.41) is 12.2. The first-order chi connectivity index (χ1) is 10.6. The van der Waals surface area contributed by atoms with Gasteiger partial charge in [-0.2, -0.15) is 0 Å². The van der Waals surface area contributed by atoms with Crippen LogP contribution >= 0.6 is 11.3 Å². The number of amides is 1. The van der Waals surface area contributed by atoms with Crippen LogP contribution in [-0.2, 0) is 0 Å². The maximum absolute atomic E-state index is 12.2. The van der Waals surface area contributed by atoms with Crippen molar-refractivity contribution in [3.63, 3.8) is 0 Å². The van der Waals surface area contributed by atoms with Gasteiger partial charge in [-0.15, -0.1) is 0 Å². The Morgan fingerprint density at radius 1 is 1.32 bits per heavy atom. The van der Waals surface area contributed by atoms with Crippen LogP contribution < -0.4 is 10.1 Å². The SMILES string of the molecule is COc1ccc(C(=O)Nc2nc(C3CC3)c(C(=O)O)s2)cc1. The molecule has 114 valence electrons. The lowest BCUT2D eigenvalue weighted by Gasteiger charge is -2.03. The van der Waals surface area contributed by atoms with Crippen molar-refractivity contribution in [1.29, 1.82) is 0 Å². The van der Waals surface area contributed by atoms with E-state index in [0.717, 1.165) is 24.2 Å². The van der Waals surface area contributed by atoms with Crippen LogP contribution in [0.25, 0.3) is 0 Å². The van der Waals surface area contributed by atoms with Gasteiger partial charge in [0.25, 0.3) is 5.91 Å². The summed E-state index contributed by atoms with van der Waals surface area (Å²) in [5.41, 5.74) is 1.04. The number of carboxylic acids is 1. The van der Waals surface area contributed by atoms with Gasteiger partial charge in [0.05, 0.1) is 12.8 Å². The van der Waals surface area contributed by atoms with Gasteiger partial charge in [0.15, 0.2) is 5.13 Å². The summed E-state index contributed by atoms with van der Waals surface area (Å²) in [6.45, 7) is 0. The molecule has 0 saturated heterocycles. The van der Waals surface area contributed by atoms with Gasteiger partial charge in [-0.05, 0) is 37.1 Å². The zero-order chi connectivity index (χ0) is 15.7. The molecule has 1 aromatic carbocycles. The third-order valence-corrected chi connectivity index (χ3v) is 4.36. The van der Waals surface area contributed by atoms with Crippen molar-refractivity contribution in [2.75, 3.05) is 12.4 Å². The molecule has 0 unspecified atom stereocenters. The molecule has 1 saturated carbocycles. The highest BCUT2D eigenvalue weighted by Crippen LogP contribution is 2.43. The van der Waals surface area contributed by atoms with E-state index in [0.29, 0.717) is 22.1 Å². The molecular formula is C15H14N2O4S. The minimum absolute atomic E-state index is 0.215. The molecular weight excluding hydrogens is 304 g/mol. The minimum atomic E-state index is -0.996. The Hall–Kier alpha value is -2.41. The molecule has 2 N–H and O–H groups in total. The number of aromatic nitrogens is 1. The highest BCUT2D eigenvalue weighted by atomic mass is 32.1. The summed E-state index contributed by atoms with van der Waals surface area (Å²) in [5.74, 6) is -0.441. The largest absolute Gasteiger partial charge is 0.497 e. The highest BCUT2D eigenvalue weighted by Gasteiger charge is 2.32. The number of nitrogens with one attached hydrogen (secondary N) is 1. The Morgan fingerprint density at radius 3 is 2.55 bits per heavy atom. The average molecular weight is 318 g/mol. The Morgan fingerprint density at radius 2 is 2.00 bits per heavy atom. The predicted octanol–water partition coefficient (Wildman–Crippen LogP) is 2.98. The number of carbonyl (C=O) groups is 2. The highest BCUT2D eigenvalue weighted by molar-refractivity contribution is 7.17. The van der Waals surface area contributed by atoms with E-state index >= 15 is 0 Å². The van der Waals surface area contributed by atoms with Crippen molar-refractivity contribution in [1.82, 2.24) is 4.98 Å². The first-order valence-corrected chi connectivity index (χ1v) is 7.59. The molecule has 2 aromatic rings. The van der Waals surface area contributed by atoms with Crippen molar-refractivity contribution >= 4 is 28.3 Å². The van der Waals surface area contributed by atoms with Gasteiger partial charge >= 0.3 is 5.97 Å². The second kappa shape index (κ2) is 5.76. The van der Waals surface area contributed by atoms with Gasteiger partial charge in [-0.25, -0.2) is 9.78 Å². The number of rotatable bonds is 5. The molecule has 22 heavy (non-hydrogen) atoms. The maximum Gasteiger partial charge on any atom is 0.347 e. The summed E-state index contributed by atoms with van der Waals surface area (Å²) < 4.78 is 5.04. The van der Waals surface area contributed by atoms with E-state index in [-0.39, 0.29) is 16.7 Å². The number of carboxylic acid groups (broad SMARTS) is 1. The van der Waals surface area contributed by atoms with Crippen LogP contribution in [0.1, 0.15) is 44.5 Å². The molecule has 1 aliphatic rings. The fourth-order valence-corrected chi connectivity index (χ4v) is 2.97. The zero-order valence-electron chi connectivity index (χ0n) is 11.8. The van der Waals surface area contributed by atoms with E-state index in [1.54, 1.807) is 31.4 Å². The predicted molar refractivity (Wildman–Crippen MR) is 82.0 cm³/mol. The zero-order valence-corrected chi connectivity index (χ0v) is 12.6. The van der Waals surface area contributed by atoms with Gasteiger partial charge in [0.1, 0.15) is 10.6 Å². The number of nitrogens with zero attached hydrogens (tertiary/aromatic N) is 1. The molecule has 0 bridgehead atoms. The van der Waals surface area contributed by atoms with Crippen molar-refractivity contribution in [2.24, 2.45) is 0 Å². The quantitative estimate of drug-likeness (QED) is 0.884. The number of carbonyl (C=O) groups excluding carboxylic acids is 1. The minimum Gasteiger partial charge on any atom is -0.497 e. The van der Waals surface area contributed by atoms with Crippen molar-refractivity contribution in [3.05, 3.63) is 40.4 Å². The summed E-state index contributed by atoms with van der Waals surface area (Å²) in [6.07, 6.45) is 1.91. The third kappa shape index (κ3) is 2.94. The third-order valence-electron chi connectivity index (χ3n) is 3.38. The second-order valence-corrected chi connectivity index (χ2v) is 5.99. The number of ether oxygens (including phenoxy) is 1. The van der Waals surface area contributed by atoms with Crippen LogP contribution in [0.3, 0.4) is 0 Å². The summed E-state index contributed by atoms with van der Waals surface area (Å²) in [6, 6.07) is 6.66. The Balaban J connectivity index is 1.78. The topological polar surface area (TPSA) is 88.5 Å². The lowest BCUT2D eigenvalue weighted by atomic mass is 10.2. The van der Waals surface area contributed by atoms with Crippen LogP contribution in [0, 0.1) is 0 Å². The Bertz CT molecular complexity index is 720. The fraction of sp³-hybridized carbons (Fsp3) is 0.267. The summed E-state index contributed by atoms with van der Waals surface area (Å²) in [7, 11) is 1.55. The normalized spacial score (nSPS) is 13.7. The lowest BCUT2D eigenvalue weighted by Crippen LogP contribution is -2.11. The number of benzene rings is 1. The van der Waals surface area contributed by atoms with Gasteiger partial charge < -0.3 is 9.84 Å². The smallest absolute Gasteiger partial charge is 0.347 e. The average Bonchev–Trinajstić information content (AvgIpc) is 3.28. The number of hydrogen-bond donors (Lipinski definition) is 2. The van der Waals surface area contributed by atoms with Gasteiger partial charge in [-0.1, -0.05) is 11.3 Å². The van der Waals surface area contributed by atoms with E-state index < -0.39 is 5.97 Å². The monoisotopic (exact) mass is 318 g/mol. The Labute approximate surface area is 130 Å². The molecule has 7 heteroatoms. The van der Waals surface area contributed by atoms with Gasteiger partial charge in [0, 0.05) is 11.5 Å². The first-order valence-electron chi connectivity index (χ1n) is 6.78. The lowest BCUT2D eigenvalue weighted by molar-refractivity contribution is 0.0700. The molecule has 0 spiro atoms. The molecule has 0 aliphatic heterocycles. The van der Waals surface area contributed by atoms with Gasteiger partial charge in [0.2, 0.25) is 0 Å². The van der Waals surface area contributed by atoms with E-state index in [1.165, 1.54) is 0 Å². The maximum atomic E-state index is 12.2. The number of aromatic carboxylic acids is 1. The second-order valence-electron chi connectivity index (χ2n) is 5.00. The van der Waals surface area contributed by atoms with E-state index in [9.17, 15) is 14.7 Å². The number of anilines is 1. The molecule has 1 amide bonds. The number of thiazole rings is 1. The van der Waals surface area contributed by atoms with Crippen molar-refractivity contribution in [2.45, 2.75) is 18.8 Å². The number of hydrogen-bond acceptors (Lipinski definition) is 5. The van der Waals surface area contributed by atoms with Crippen LogP contribution in [0.2, 0.25) is 0 Å². The molecule has 6 nitrogen and oxygen atoms in total. The molecule has 1 aromatic heterocycles. The first kappa shape index (κ1) is 14.5. The van der Waals surface area contributed by atoms with Gasteiger partial charge in [-0.3, -0.25) is 10.1 Å². The van der Waals surface area contributed by atoms with Crippen LogP contribution in [0.4, 0.5) is 5.13 Å². The summed E-state index contributed by atoms with van der Waals surface area (Å²) >= 11 is 0.999. The molecule has 3 rings (SSSR count). The Kier molecular flexibility index (Phi) is 3.81. The van der Waals surface area contributed by atoms with Crippen LogP contribution in [-0.4, -0.2) is 29.1 Å². The standard InChI is InChI=1S/C15H14N2O4S/c1-21-10-6-4-9(5-7-10)13(18)17-15-16-11(8-2-3-8)12(22-15)14(19)20/h4-8H,2-3H2,1H3,(H,19,20)(H,16,17,18). The molecule has 1 heterocycles. The van der Waals surface area contributed by atoms with Crippen molar-refractivity contribution in [3.8, 4) is 5.75 Å². The number of methoxy groups -OCH3 is 1. The fourth-order valence-electron chi connectivity index (χ4n) is 2.08. The molecule has 0 radical (unpaired) electrons. The van der Waals surface area contributed by atoms with E-state index in [2.05, 4.69) is 10.3 Å². The van der Waals surface area contributed by atoms with Crippen molar-refractivity contribution < 1.29 is 19.4 Å². The molecule has 0 atom stereocenters. The molecule has 1 fully saturated rings. The molecule has 1 aliphatic carbocycles.